The van der Waals surface area contributed by atoms with Gasteiger partial charge in [-0.2, -0.15) is 0 Å². The van der Waals surface area contributed by atoms with Crippen LogP contribution in [-0.4, -0.2) is 29.6 Å². The first kappa shape index (κ1) is 18.9. The van der Waals surface area contributed by atoms with Gasteiger partial charge < -0.3 is 15.3 Å². The highest BCUT2D eigenvalue weighted by Crippen LogP contribution is 2.23. The summed E-state index contributed by atoms with van der Waals surface area (Å²) in [5.41, 5.74) is 1.16. The molecule has 2 aromatic rings. The standard InChI is InChI=1S/C17H21BrFN3OS/c1-3-20-17(22(2)10-14-5-7-16(18)24-14)21-9-12-4-6-15(19)13(8-12)11-23/h4-8,23H,3,9-11H2,1-2H3,(H,20,21). The predicted octanol–water partition coefficient (Wildman–Crippen LogP) is 3.74. The van der Waals surface area contributed by atoms with E-state index in [1.165, 1.54) is 10.9 Å². The van der Waals surface area contributed by atoms with E-state index < -0.39 is 5.82 Å². The maximum atomic E-state index is 13.4. The second-order valence-electron chi connectivity index (χ2n) is 5.32. The summed E-state index contributed by atoms with van der Waals surface area (Å²) in [4.78, 5) is 7.90. The summed E-state index contributed by atoms with van der Waals surface area (Å²) in [6, 6.07) is 8.84. The fraction of sp³-hybridized carbons (Fsp3) is 0.353. The Morgan fingerprint density at radius 2 is 2.17 bits per heavy atom. The molecule has 7 heteroatoms. The Hall–Kier alpha value is -1.44. The number of hydrogen-bond acceptors (Lipinski definition) is 3. The third-order valence-electron chi connectivity index (χ3n) is 3.41. The van der Waals surface area contributed by atoms with Crippen LogP contribution < -0.4 is 5.32 Å². The van der Waals surface area contributed by atoms with Gasteiger partial charge in [-0.1, -0.05) is 6.07 Å². The number of aliphatic imine (C=N–C) groups is 1. The van der Waals surface area contributed by atoms with Crippen molar-refractivity contribution < 1.29 is 9.50 Å². The molecule has 1 heterocycles. The number of nitrogens with zero attached hydrogens (tertiary/aromatic N) is 2. The van der Waals surface area contributed by atoms with Crippen molar-refractivity contribution in [3.63, 3.8) is 0 Å². The average Bonchev–Trinajstić information content (AvgIpc) is 2.97. The fourth-order valence-corrected chi connectivity index (χ4v) is 3.77. The normalized spacial score (nSPS) is 11.6. The third kappa shape index (κ3) is 5.29. The van der Waals surface area contributed by atoms with Crippen molar-refractivity contribution >= 4 is 33.2 Å². The van der Waals surface area contributed by atoms with E-state index in [-0.39, 0.29) is 6.61 Å². The average molecular weight is 414 g/mol. The fourth-order valence-electron chi connectivity index (χ4n) is 2.23. The van der Waals surface area contributed by atoms with E-state index in [1.807, 2.05) is 20.0 Å². The summed E-state index contributed by atoms with van der Waals surface area (Å²) in [6.45, 7) is 3.66. The molecule has 0 aliphatic rings. The Kier molecular flexibility index (Phi) is 7.20. The minimum Gasteiger partial charge on any atom is -0.392 e. The summed E-state index contributed by atoms with van der Waals surface area (Å²) in [7, 11) is 1.99. The number of aliphatic hydroxyl groups excluding tert-OH is 1. The summed E-state index contributed by atoms with van der Waals surface area (Å²) in [5.74, 6) is 0.398. The second kappa shape index (κ2) is 9.15. The lowest BCUT2D eigenvalue weighted by Gasteiger charge is -2.21. The van der Waals surface area contributed by atoms with Crippen molar-refractivity contribution in [2.24, 2.45) is 4.99 Å². The molecule has 1 aromatic heterocycles. The summed E-state index contributed by atoms with van der Waals surface area (Å²) in [5, 5.41) is 12.4. The van der Waals surface area contributed by atoms with Gasteiger partial charge >= 0.3 is 0 Å². The van der Waals surface area contributed by atoms with Gasteiger partial charge in [-0.15, -0.1) is 11.3 Å². The Labute approximate surface area is 154 Å². The van der Waals surface area contributed by atoms with Gasteiger partial charge in [0, 0.05) is 24.0 Å². The van der Waals surface area contributed by atoms with Crippen LogP contribution in [0.15, 0.2) is 39.1 Å². The molecule has 0 amide bonds. The van der Waals surface area contributed by atoms with Crippen LogP contribution in [0.4, 0.5) is 4.39 Å². The van der Waals surface area contributed by atoms with Crippen molar-refractivity contribution in [3.05, 3.63) is 55.9 Å². The van der Waals surface area contributed by atoms with Crippen LogP contribution in [0.3, 0.4) is 0 Å². The number of hydrogen-bond donors (Lipinski definition) is 2. The molecule has 0 aliphatic carbocycles. The Morgan fingerprint density at radius 3 is 2.79 bits per heavy atom. The molecule has 0 spiro atoms. The first-order chi connectivity index (χ1) is 11.5. The van der Waals surface area contributed by atoms with Gasteiger partial charge in [0.05, 0.1) is 23.5 Å². The highest BCUT2D eigenvalue weighted by molar-refractivity contribution is 9.11. The summed E-state index contributed by atoms with van der Waals surface area (Å²) < 4.78 is 14.6. The molecule has 0 saturated carbocycles. The smallest absolute Gasteiger partial charge is 0.194 e. The van der Waals surface area contributed by atoms with Gasteiger partial charge in [-0.25, -0.2) is 9.38 Å². The van der Waals surface area contributed by atoms with Gasteiger partial charge in [0.1, 0.15) is 5.82 Å². The number of thiophene rings is 1. The predicted molar refractivity (Wildman–Crippen MR) is 101 cm³/mol. The SMILES string of the molecule is CCNC(=NCc1ccc(F)c(CO)c1)N(C)Cc1ccc(Br)s1. The Morgan fingerprint density at radius 1 is 1.38 bits per heavy atom. The van der Waals surface area contributed by atoms with Gasteiger partial charge in [-0.3, -0.25) is 0 Å². The van der Waals surface area contributed by atoms with Crippen LogP contribution in [0.5, 0.6) is 0 Å². The van der Waals surface area contributed by atoms with E-state index in [1.54, 1.807) is 23.5 Å². The molecule has 0 saturated heterocycles. The molecule has 4 nitrogen and oxygen atoms in total. The molecule has 0 fully saturated rings. The van der Waals surface area contributed by atoms with Crippen LogP contribution >= 0.6 is 27.3 Å². The monoisotopic (exact) mass is 413 g/mol. The van der Waals surface area contributed by atoms with Crippen molar-refractivity contribution in [1.29, 1.82) is 0 Å². The number of guanidine groups is 1. The molecule has 0 atom stereocenters. The lowest BCUT2D eigenvalue weighted by atomic mass is 10.1. The van der Waals surface area contributed by atoms with Gasteiger partial charge in [0.25, 0.3) is 0 Å². The number of benzene rings is 1. The van der Waals surface area contributed by atoms with E-state index in [0.29, 0.717) is 12.1 Å². The number of aliphatic hydroxyl groups is 1. The molecule has 0 bridgehead atoms. The highest BCUT2D eigenvalue weighted by Gasteiger charge is 2.09. The molecule has 0 radical (unpaired) electrons. The van der Waals surface area contributed by atoms with Crippen LogP contribution in [0.25, 0.3) is 0 Å². The van der Waals surface area contributed by atoms with E-state index in [4.69, 9.17) is 5.11 Å². The van der Waals surface area contributed by atoms with E-state index in [9.17, 15) is 4.39 Å². The van der Waals surface area contributed by atoms with Gasteiger partial charge in [0.15, 0.2) is 5.96 Å². The molecule has 1 aromatic carbocycles. The maximum absolute atomic E-state index is 13.4. The zero-order chi connectivity index (χ0) is 17.5. The Balaban J connectivity index is 2.09. The molecular weight excluding hydrogens is 393 g/mol. The molecule has 0 aliphatic heterocycles. The number of nitrogens with one attached hydrogen (secondary N) is 1. The molecule has 0 unspecified atom stereocenters. The first-order valence-corrected chi connectivity index (χ1v) is 9.26. The van der Waals surface area contributed by atoms with Crippen LogP contribution in [0.1, 0.15) is 22.9 Å². The molecule has 130 valence electrons. The van der Waals surface area contributed by atoms with Crippen molar-refractivity contribution in [2.45, 2.75) is 26.6 Å². The summed E-state index contributed by atoms with van der Waals surface area (Å²) >= 11 is 5.17. The highest BCUT2D eigenvalue weighted by atomic mass is 79.9. The minimum atomic E-state index is -0.391. The van der Waals surface area contributed by atoms with Crippen molar-refractivity contribution in [1.82, 2.24) is 10.2 Å². The van der Waals surface area contributed by atoms with Crippen molar-refractivity contribution in [2.75, 3.05) is 13.6 Å². The number of halogens is 2. The minimum absolute atomic E-state index is 0.296. The summed E-state index contributed by atoms with van der Waals surface area (Å²) in [6.07, 6.45) is 0. The maximum Gasteiger partial charge on any atom is 0.194 e. The van der Waals surface area contributed by atoms with Crippen molar-refractivity contribution in [3.8, 4) is 0 Å². The zero-order valence-electron chi connectivity index (χ0n) is 13.7. The molecular formula is C17H21BrFN3OS. The van der Waals surface area contributed by atoms with Crippen LogP contribution in [0.2, 0.25) is 0 Å². The van der Waals surface area contributed by atoms with E-state index in [0.717, 1.165) is 28.4 Å². The Bertz CT molecular complexity index is 705. The van der Waals surface area contributed by atoms with Gasteiger partial charge in [0.2, 0.25) is 0 Å². The van der Waals surface area contributed by atoms with E-state index in [2.05, 4.69) is 37.2 Å². The van der Waals surface area contributed by atoms with Crippen LogP contribution in [-0.2, 0) is 19.7 Å². The molecule has 2 N–H and O–H groups in total. The largest absolute Gasteiger partial charge is 0.392 e. The number of rotatable bonds is 6. The first-order valence-electron chi connectivity index (χ1n) is 7.65. The van der Waals surface area contributed by atoms with Gasteiger partial charge in [-0.05, 0) is 52.7 Å². The van der Waals surface area contributed by atoms with E-state index >= 15 is 0 Å². The lowest BCUT2D eigenvalue weighted by molar-refractivity contribution is 0.275. The quantitative estimate of drug-likeness (QED) is 0.559. The third-order valence-corrected chi connectivity index (χ3v) is 5.02. The molecule has 2 rings (SSSR count). The zero-order valence-corrected chi connectivity index (χ0v) is 16.1. The second-order valence-corrected chi connectivity index (χ2v) is 7.86. The molecule has 24 heavy (non-hydrogen) atoms. The topological polar surface area (TPSA) is 47.9 Å². The lowest BCUT2D eigenvalue weighted by Crippen LogP contribution is -2.38. The van der Waals surface area contributed by atoms with Crippen LogP contribution in [0, 0.1) is 5.82 Å².